The lowest BCUT2D eigenvalue weighted by atomic mass is 10.0. The molecule has 3 heteroatoms. The fourth-order valence-corrected chi connectivity index (χ4v) is 3.44. The number of nitrogens with zero attached hydrogens (tertiary/aromatic N) is 1. The molecule has 0 aliphatic carbocycles. The van der Waals surface area contributed by atoms with Gasteiger partial charge in [-0.15, -0.1) is 0 Å². The summed E-state index contributed by atoms with van der Waals surface area (Å²) < 4.78 is 6.00. The van der Waals surface area contributed by atoms with Gasteiger partial charge in [0.1, 0.15) is 0 Å². The molecule has 0 spiro atoms. The third kappa shape index (κ3) is 4.53. The first kappa shape index (κ1) is 15.0. The predicted molar refractivity (Wildman–Crippen MR) is 86.8 cm³/mol. The van der Waals surface area contributed by atoms with Crippen molar-refractivity contribution in [1.29, 1.82) is 0 Å². The highest BCUT2D eigenvalue weighted by Gasteiger charge is 2.15. The molecule has 2 aliphatic heterocycles. The fourth-order valence-electron chi connectivity index (χ4n) is 3.44. The van der Waals surface area contributed by atoms with Crippen molar-refractivity contribution in [2.24, 2.45) is 0 Å². The average Bonchev–Trinajstić information content (AvgIpc) is 2.75. The number of hydrogen-bond acceptors (Lipinski definition) is 3. The van der Waals surface area contributed by atoms with Crippen molar-refractivity contribution in [2.75, 3.05) is 39.3 Å². The van der Waals surface area contributed by atoms with Crippen LogP contribution in [0.1, 0.15) is 30.4 Å². The summed E-state index contributed by atoms with van der Waals surface area (Å²) in [4.78, 5) is 2.60. The van der Waals surface area contributed by atoms with Crippen LogP contribution in [-0.4, -0.2) is 50.3 Å². The summed E-state index contributed by atoms with van der Waals surface area (Å²) in [5.41, 5.74) is 3.09. The Bertz CT molecular complexity index is 402. The summed E-state index contributed by atoms with van der Waals surface area (Å²) in [7, 11) is 0. The van der Waals surface area contributed by atoms with Gasteiger partial charge in [-0.1, -0.05) is 24.3 Å². The normalized spacial score (nSPS) is 21.0. The van der Waals surface area contributed by atoms with E-state index in [0.29, 0.717) is 6.10 Å². The van der Waals surface area contributed by atoms with Crippen LogP contribution in [0.5, 0.6) is 0 Å². The van der Waals surface area contributed by atoms with Crippen LogP contribution >= 0.6 is 0 Å². The minimum absolute atomic E-state index is 0.500. The van der Waals surface area contributed by atoms with Gasteiger partial charge in [-0.2, -0.15) is 0 Å². The minimum atomic E-state index is 0.500. The highest BCUT2D eigenvalue weighted by molar-refractivity contribution is 5.28. The number of piperidine rings is 1. The average molecular weight is 288 g/mol. The van der Waals surface area contributed by atoms with Crippen LogP contribution in [0.3, 0.4) is 0 Å². The van der Waals surface area contributed by atoms with Crippen LogP contribution in [0, 0.1) is 0 Å². The Kier molecular flexibility index (Phi) is 5.67. The van der Waals surface area contributed by atoms with Crippen molar-refractivity contribution in [1.82, 2.24) is 10.2 Å². The SMILES string of the molecule is c1ccc2c(c1)CCN(CCCOC1CCNCC1)CC2. The Balaban J connectivity index is 1.35. The maximum atomic E-state index is 6.00. The molecule has 0 radical (unpaired) electrons. The van der Waals surface area contributed by atoms with Gasteiger partial charge in [0.2, 0.25) is 0 Å². The van der Waals surface area contributed by atoms with Gasteiger partial charge in [0.05, 0.1) is 6.10 Å². The molecule has 3 rings (SSSR count). The van der Waals surface area contributed by atoms with E-state index in [-0.39, 0.29) is 0 Å². The third-order valence-corrected chi connectivity index (χ3v) is 4.77. The molecule has 2 aliphatic rings. The molecule has 0 unspecified atom stereocenters. The van der Waals surface area contributed by atoms with Crippen LogP contribution in [0.15, 0.2) is 24.3 Å². The maximum absolute atomic E-state index is 6.00. The molecule has 2 heterocycles. The van der Waals surface area contributed by atoms with Gasteiger partial charge in [-0.3, -0.25) is 0 Å². The van der Waals surface area contributed by atoms with E-state index in [4.69, 9.17) is 4.74 Å². The molecule has 1 aromatic rings. The van der Waals surface area contributed by atoms with E-state index in [0.717, 1.165) is 19.7 Å². The summed E-state index contributed by atoms with van der Waals surface area (Å²) in [5, 5.41) is 3.38. The van der Waals surface area contributed by atoms with Gasteiger partial charge in [0, 0.05) is 26.2 Å². The summed E-state index contributed by atoms with van der Waals surface area (Å²) in [6.07, 6.45) is 6.43. The molecule has 21 heavy (non-hydrogen) atoms. The molecule has 1 fully saturated rings. The first-order valence-corrected chi connectivity index (χ1v) is 8.53. The molecule has 1 N–H and O–H groups in total. The van der Waals surface area contributed by atoms with E-state index >= 15 is 0 Å². The zero-order chi connectivity index (χ0) is 14.3. The standard InChI is InChI=1S/C18H28N2O/c1-2-5-17-9-14-20(13-8-16(17)4-1)12-3-15-21-18-6-10-19-11-7-18/h1-2,4-5,18-19H,3,6-15H2. The Morgan fingerprint density at radius 1 is 1.05 bits per heavy atom. The predicted octanol–water partition coefficient (Wildman–Crippen LogP) is 2.25. The number of rotatable bonds is 5. The van der Waals surface area contributed by atoms with Crippen LogP contribution in [0.2, 0.25) is 0 Å². The zero-order valence-electron chi connectivity index (χ0n) is 13.0. The molecular weight excluding hydrogens is 260 g/mol. The van der Waals surface area contributed by atoms with Gasteiger partial charge in [0.15, 0.2) is 0 Å². The monoisotopic (exact) mass is 288 g/mol. The summed E-state index contributed by atoms with van der Waals surface area (Å²) in [5.74, 6) is 0. The molecule has 0 amide bonds. The van der Waals surface area contributed by atoms with Crippen molar-refractivity contribution in [2.45, 2.75) is 38.2 Å². The minimum Gasteiger partial charge on any atom is -0.378 e. The summed E-state index contributed by atoms with van der Waals surface area (Å²) in [6, 6.07) is 8.92. The van der Waals surface area contributed by atoms with E-state index in [1.165, 1.54) is 51.7 Å². The highest BCUT2D eigenvalue weighted by Crippen LogP contribution is 2.15. The van der Waals surface area contributed by atoms with Gasteiger partial charge in [-0.25, -0.2) is 0 Å². The number of benzene rings is 1. The lowest BCUT2D eigenvalue weighted by Gasteiger charge is -2.24. The van der Waals surface area contributed by atoms with Crippen molar-refractivity contribution in [3.63, 3.8) is 0 Å². The van der Waals surface area contributed by atoms with Crippen molar-refractivity contribution in [3.05, 3.63) is 35.4 Å². The van der Waals surface area contributed by atoms with E-state index in [1.54, 1.807) is 11.1 Å². The zero-order valence-corrected chi connectivity index (χ0v) is 13.0. The molecule has 0 bridgehead atoms. The number of ether oxygens (including phenoxy) is 1. The Morgan fingerprint density at radius 3 is 2.38 bits per heavy atom. The Morgan fingerprint density at radius 2 is 1.71 bits per heavy atom. The first-order valence-electron chi connectivity index (χ1n) is 8.53. The van der Waals surface area contributed by atoms with Crippen LogP contribution in [0.25, 0.3) is 0 Å². The number of hydrogen-bond donors (Lipinski definition) is 1. The Labute approximate surface area is 128 Å². The number of fused-ring (bicyclic) bond motifs is 1. The van der Waals surface area contributed by atoms with E-state index in [2.05, 4.69) is 34.5 Å². The van der Waals surface area contributed by atoms with Crippen molar-refractivity contribution >= 4 is 0 Å². The lowest BCUT2D eigenvalue weighted by Crippen LogP contribution is -2.33. The maximum Gasteiger partial charge on any atom is 0.0599 e. The molecule has 1 aromatic carbocycles. The Hall–Kier alpha value is -0.900. The number of nitrogens with one attached hydrogen (secondary N) is 1. The van der Waals surface area contributed by atoms with Crippen LogP contribution in [-0.2, 0) is 17.6 Å². The van der Waals surface area contributed by atoms with Crippen LogP contribution in [0.4, 0.5) is 0 Å². The molecule has 0 saturated carbocycles. The first-order chi connectivity index (χ1) is 10.4. The lowest BCUT2D eigenvalue weighted by molar-refractivity contribution is 0.0279. The van der Waals surface area contributed by atoms with Crippen LogP contribution < -0.4 is 5.32 Å². The van der Waals surface area contributed by atoms with Crippen molar-refractivity contribution < 1.29 is 4.74 Å². The van der Waals surface area contributed by atoms with Gasteiger partial charge in [0.25, 0.3) is 0 Å². The molecule has 0 atom stereocenters. The highest BCUT2D eigenvalue weighted by atomic mass is 16.5. The molecule has 116 valence electrons. The van der Waals surface area contributed by atoms with E-state index in [9.17, 15) is 0 Å². The third-order valence-electron chi connectivity index (χ3n) is 4.77. The smallest absolute Gasteiger partial charge is 0.0599 e. The van der Waals surface area contributed by atoms with Gasteiger partial charge < -0.3 is 15.0 Å². The molecule has 1 saturated heterocycles. The summed E-state index contributed by atoms with van der Waals surface area (Å²) >= 11 is 0. The van der Waals surface area contributed by atoms with Gasteiger partial charge in [-0.05, 0) is 56.3 Å². The second-order valence-electron chi connectivity index (χ2n) is 6.28. The largest absolute Gasteiger partial charge is 0.378 e. The quantitative estimate of drug-likeness (QED) is 0.841. The van der Waals surface area contributed by atoms with E-state index < -0.39 is 0 Å². The molecule has 3 nitrogen and oxygen atoms in total. The second-order valence-corrected chi connectivity index (χ2v) is 6.28. The topological polar surface area (TPSA) is 24.5 Å². The fraction of sp³-hybridized carbons (Fsp3) is 0.667. The summed E-state index contributed by atoms with van der Waals surface area (Å²) in [6.45, 7) is 6.74. The second kappa shape index (κ2) is 7.92. The van der Waals surface area contributed by atoms with Gasteiger partial charge >= 0.3 is 0 Å². The molecule has 0 aromatic heterocycles. The van der Waals surface area contributed by atoms with Crippen molar-refractivity contribution in [3.8, 4) is 0 Å². The van der Waals surface area contributed by atoms with E-state index in [1.807, 2.05) is 0 Å². The molecular formula is C18H28N2O.